The van der Waals surface area contributed by atoms with E-state index in [1.807, 2.05) is 6.92 Å². The van der Waals surface area contributed by atoms with Crippen LogP contribution in [0.5, 0.6) is 0 Å². The van der Waals surface area contributed by atoms with E-state index >= 15 is 0 Å². The first-order valence-corrected chi connectivity index (χ1v) is 7.76. The summed E-state index contributed by atoms with van der Waals surface area (Å²) >= 11 is 0. The summed E-state index contributed by atoms with van der Waals surface area (Å²) in [7, 11) is -2.94. The van der Waals surface area contributed by atoms with Gasteiger partial charge in [-0.05, 0) is 19.8 Å². The molecular weight excluding hydrogens is 228 g/mol. The Balaban J connectivity index is 4.30. The van der Waals surface area contributed by atoms with Crippen molar-refractivity contribution in [1.29, 1.82) is 0 Å². The molecule has 6 heteroatoms. The number of hydrogen-bond donors (Lipinski definition) is 2. The second-order valence-electron chi connectivity index (χ2n) is 3.97. The van der Waals surface area contributed by atoms with Crippen molar-refractivity contribution in [2.75, 3.05) is 18.6 Å². The van der Waals surface area contributed by atoms with Gasteiger partial charge < -0.3 is 4.74 Å². The third-order valence-corrected chi connectivity index (χ3v) is 3.39. The molecule has 0 aromatic carbocycles. The van der Waals surface area contributed by atoms with Gasteiger partial charge in [0.25, 0.3) is 0 Å². The van der Waals surface area contributed by atoms with E-state index in [-0.39, 0.29) is 17.9 Å². The van der Waals surface area contributed by atoms with Crippen LogP contribution in [-0.4, -0.2) is 39.2 Å². The first-order chi connectivity index (χ1) is 7.44. The average Bonchev–Trinajstić information content (AvgIpc) is 2.17. The standard InChI is InChI=1S/C10H24N2O3S/c1-4-6-10(15-5-2)9(12-11)7-8-16(3,13)14/h9-10,12H,4-8,11H2,1-3H3. The van der Waals surface area contributed by atoms with Crippen LogP contribution in [-0.2, 0) is 14.6 Å². The minimum Gasteiger partial charge on any atom is -0.377 e. The lowest BCUT2D eigenvalue weighted by atomic mass is 10.0. The van der Waals surface area contributed by atoms with Crippen LogP contribution in [0.4, 0.5) is 0 Å². The summed E-state index contributed by atoms with van der Waals surface area (Å²) in [6.45, 7) is 4.60. The van der Waals surface area contributed by atoms with Crippen molar-refractivity contribution >= 4 is 9.84 Å². The molecular formula is C10H24N2O3S. The van der Waals surface area contributed by atoms with Crippen molar-refractivity contribution in [3.63, 3.8) is 0 Å². The van der Waals surface area contributed by atoms with Crippen molar-refractivity contribution in [1.82, 2.24) is 5.43 Å². The maximum Gasteiger partial charge on any atom is 0.147 e. The molecule has 3 N–H and O–H groups in total. The topological polar surface area (TPSA) is 81.4 Å². The molecule has 0 spiro atoms. The van der Waals surface area contributed by atoms with Gasteiger partial charge in [0.15, 0.2) is 0 Å². The van der Waals surface area contributed by atoms with Crippen molar-refractivity contribution in [2.45, 2.75) is 45.3 Å². The normalized spacial score (nSPS) is 16.0. The van der Waals surface area contributed by atoms with Crippen LogP contribution in [0.1, 0.15) is 33.1 Å². The predicted molar refractivity (Wildman–Crippen MR) is 65.8 cm³/mol. The molecule has 0 fully saturated rings. The maximum atomic E-state index is 11.1. The van der Waals surface area contributed by atoms with Crippen molar-refractivity contribution < 1.29 is 13.2 Å². The van der Waals surface area contributed by atoms with E-state index in [4.69, 9.17) is 10.6 Å². The molecule has 0 aliphatic carbocycles. The summed E-state index contributed by atoms with van der Waals surface area (Å²) in [6, 6.07) is -0.102. The zero-order chi connectivity index (χ0) is 12.6. The Hall–Kier alpha value is -0.170. The number of nitrogens with one attached hydrogen (secondary N) is 1. The van der Waals surface area contributed by atoms with Gasteiger partial charge in [-0.25, -0.2) is 8.42 Å². The Kier molecular flexibility index (Phi) is 7.91. The predicted octanol–water partition coefficient (Wildman–Crippen LogP) is 0.458. The number of hydrazine groups is 1. The molecule has 2 atom stereocenters. The van der Waals surface area contributed by atoms with Gasteiger partial charge in [0, 0.05) is 18.9 Å². The van der Waals surface area contributed by atoms with E-state index in [0.717, 1.165) is 12.8 Å². The van der Waals surface area contributed by atoms with Crippen molar-refractivity contribution in [3.8, 4) is 0 Å². The first kappa shape index (κ1) is 15.8. The highest BCUT2D eigenvalue weighted by Crippen LogP contribution is 2.11. The molecule has 0 amide bonds. The number of rotatable bonds is 9. The molecule has 5 nitrogen and oxygen atoms in total. The van der Waals surface area contributed by atoms with Gasteiger partial charge in [-0.3, -0.25) is 11.3 Å². The van der Waals surface area contributed by atoms with Crippen molar-refractivity contribution in [3.05, 3.63) is 0 Å². The summed E-state index contributed by atoms with van der Waals surface area (Å²) < 4.78 is 27.7. The van der Waals surface area contributed by atoms with E-state index < -0.39 is 9.84 Å². The molecule has 2 unspecified atom stereocenters. The molecule has 0 rings (SSSR count). The van der Waals surface area contributed by atoms with Gasteiger partial charge >= 0.3 is 0 Å². The van der Waals surface area contributed by atoms with Gasteiger partial charge in [-0.1, -0.05) is 13.3 Å². The number of ether oxygens (including phenoxy) is 1. The van der Waals surface area contributed by atoms with Gasteiger partial charge in [-0.2, -0.15) is 0 Å². The fourth-order valence-electron chi connectivity index (χ4n) is 1.62. The average molecular weight is 252 g/mol. The summed E-state index contributed by atoms with van der Waals surface area (Å²) in [5.41, 5.74) is 2.65. The third kappa shape index (κ3) is 7.16. The molecule has 0 heterocycles. The molecule has 0 aliphatic heterocycles. The van der Waals surface area contributed by atoms with E-state index in [9.17, 15) is 8.42 Å². The Morgan fingerprint density at radius 1 is 1.31 bits per heavy atom. The van der Waals surface area contributed by atoms with Crippen LogP contribution in [0.15, 0.2) is 0 Å². The van der Waals surface area contributed by atoms with Gasteiger partial charge in [0.2, 0.25) is 0 Å². The van der Waals surface area contributed by atoms with E-state index in [1.54, 1.807) is 0 Å². The van der Waals surface area contributed by atoms with E-state index in [2.05, 4.69) is 12.3 Å². The molecule has 0 bridgehead atoms. The molecule has 0 saturated carbocycles. The monoisotopic (exact) mass is 252 g/mol. The summed E-state index contributed by atoms with van der Waals surface area (Å²) in [5.74, 6) is 5.57. The Bertz CT molecular complexity index is 261. The molecule has 0 aliphatic rings. The van der Waals surface area contributed by atoms with Crippen LogP contribution >= 0.6 is 0 Å². The molecule has 0 aromatic heterocycles. The van der Waals surface area contributed by atoms with Crippen LogP contribution in [0.3, 0.4) is 0 Å². The molecule has 0 aromatic rings. The smallest absolute Gasteiger partial charge is 0.147 e. The van der Waals surface area contributed by atoms with Gasteiger partial charge in [0.05, 0.1) is 11.9 Å². The maximum absolute atomic E-state index is 11.1. The highest BCUT2D eigenvalue weighted by molar-refractivity contribution is 7.90. The third-order valence-electron chi connectivity index (χ3n) is 2.42. The zero-order valence-corrected chi connectivity index (χ0v) is 11.2. The molecule has 98 valence electrons. The number of sulfone groups is 1. The van der Waals surface area contributed by atoms with Crippen LogP contribution in [0, 0.1) is 0 Å². The zero-order valence-electron chi connectivity index (χ0n) is 10.4. The fraction of sp³-hybridized carbons (Fsp3) is 1.00. The van der Waals surface area contributed by atoms with Crippen LogP contribution in [0.25, 0.3) is 0 Å². The van der Waals surface area contributed by atoms with E-state index in [1.165, 1.54) is 6.26 Å². The number of hydrogen-bond acceptors (Lipinski definition) is 5. The number of nitrogens with two attached hydrogens (primary N) is 1. The van der Waals surface area contributed by atoms with Crippen LogP contribution < -0.4 is 11.3 Å². The second-order valence-corrected chi connectivity index (χ2v) is 6.23. The Morgan fingerprint density at radius 2 is 1.94 bits per heavy atom. The largest absolute Gasteiger partial charge is 0.377 e. The minimum atomic E-state index is -2.94. The van der Waals surface area contributed by atoms with Gasteiger partial charge in [-0.15, -0.1) is 0 Å². The Morgan fingerprint density at radius 3 is 2.31 bits per heavy atom. The summed E-state index contributed by atoms with van der Waals surface area (Å²) in [6.07, 6.45) is 3.58. The molecule has 0 radical (unpaired) electrons. The summed E-state index contributed by atoms with van der Waals surface area (Å²) in [4.78, 5) is 0. The lowest BCUT2D eigenvalue weighted by Gasteiger charge is -2.25. The molecule has 0 saturated heterocycles. The lowest BCUT2D eigenvalue weighted by Crippen LogP contribution is -2.46. The van der Waals surface area contributed by atoms with E-state index in [0.29, 0.717) is 13.0 Å². The Labute approximate surface area is 98.6 Å². The van der Waals surface area contributed by atoms with Crippen molar-refractivity contribution in [2.24, 2.45) is 5.84 Å². The highest BCUT2D eigenvalue weighted by Gasteiger charge is 2.21. The fourth-order valence-corrected chi connectivity index (χ4v) is 2.30. The van der Waals surface area contributed by atoms with Gasteiger partial charge in [0.1, 0.15) is 9.84 Å². The quantitative estimate of drug-likeness (QED) is 0.460. The molecule has 16 heavy (non-hydrogen) atoms. The first-order valence-electron chi connectivity index (χ1n) is 5.70. The SMILES string of the molecule is CCCC(OCC)C(CCS(C)(=O)=O)NN. The highest BCUT2D eigenvalue weighted by atomic mass is 32.2. The summed E-state index contributed by atoms with van der Waals surface area (Å²) in [5, 5.41) is 0. The second kappa shape index (κ2) is 8.00. The minimum absolute atomic E-state index is 0.0123. The lowest BCUT2D eigenvalue weighted by molar-refractivity contribution is 0.0273. The van der Waals surface area contributed by atoms with Crippen LogP contribution in [0.2, 0.25) is 0 Å².